The van der Waals surface area contributed by atoms with Gasteiger partial charge < -0.3 is 14.4 Å². The van der Waals surface area contributed by atoms with Crippen molar-refractivity contribution >= 4 is 27.8 Å². The van der Waals surface area contributed by atoms with Crippen molar-refractivity contribution in [3.05, 3.63) is 35.3 Å². The van der Waals surface area contributed by atoms with E-state index in [0.29, 0.717) is 13.2 Å². The number of unbranched alkanes of at least 4 members (excludes halogenated alkanes) is 1. The molecule has 148 valence electrons. The SMILES string of the molecule is CCCC[n+]1ccsc1N=Nc1ccc(N(CCOC)CCOC)cc1C. The number of hydrogen-bond donors (Lipinski definition) is 0. The molecule has 7 heteroatoms. The molecule has 0 saturated carbocycles. The molecule has 0 aliphatic rings. The highest BCUT2D eigenvalue weighted by molar-refractivity contribution is 7.12. The van der Waals surface area contributed by atoms with E-state index in [9.17, 15) is 0 Å². The van der Waals surface area contributed by atoms with Crippen LogP contribution in [0.25, 0.3) is 0 Å². The molecule has 6 nitrogen and oxygen atoms in total. The quantitative estimate of drug-likeness (QED) is 0.391. The van der Waals surface area contributed by atoms with E-state index < -0.39 is 0 Å². The fourth-order valence-corrected chi connectivity index (χ4v) is 3.40. The normalized spacial score (nSPS) is 11.4. The molecule has 0 aliphatic heterocycles. The van der Waals surface area contributed by atoms with Crippen molar-refractivity contribution in [3.8, 4) is 0 Å². The number of hydrogen-bond acceptors (Lipinski definition) is 6. The minimum Gasteiger partial charge on any atom is -0.383 e. The molecule has 1 aromatic heterocycles. The fraction of sp³-hybridized carbons (Fsp3) is 0.550. The maximum atomic E-state index is 5.23. The largest absolute Gasteiger partial charge is 0.408 e. The highest BCUT2D eigenvalue weighted by Crippen LogP contribution is 2.27. The zero-order valence-corrected chi connectivity index (χ0v) is 17.7. The van der Waals surface area contributed by atoms with Gasteiger partial charge in [-0.05, 0) is 53.6 Å². The molecule has 0 radical (unpaired) electrons. The average Bonchev–Trinajstić information content (AvgIpc) is 3.13. The van der Waals surface area contributed by atoms with Crippen LogP contribution in [0.3, 0.4) is 0 Å². The molecule has 0 N–H and O–H groups in total. The minimum atomic E-state index is 0.681. The lowest BCUT2D eigenvalue weighted by Crippen LogP contribution is -2.30. The average molecular weight is 392 g/mol. The first-order chi connectivity index (χ1) is 13.2. The Kier molecular flexibility index (Phi) is 9.38. The van der Waals surface area contributed by atoms with Crippen molar-refractivity contribution in [2.24, 2.45) is 10.2 Å². The molecule has 0 spiro atoms. The third-order valence-corrected chi connectivity index (χ3v) is 5.12. The van der Waals surface area contributed by atoms with Crippen molar-refractivity contribution in [3.63, 3.8) is 0 Å². The van der Waals surface area contributed by atoms with Gasteiger partial charge in [-0.1, -0.05) is 13.3 Å². The predicted octanol–water partition coefficient (Wildman–Crippen LogP) is 4.66. The van der Waals surface area contributed by atoms with Gasteiger partial charge in [-0.3, -0.25) is 0 Å². The topological polar surface area (TPSA) is 50.3 Å². The number of thiazole rings is 1. The second-order valence-electron chi connectivity index (χ2n) is 6.38. The molecular weight excluding hydrogens is 360 g/mol. The number of aromatic nitrogens is 1. The summed E-state index contributed by atoms with van der Waals surface area (Å²) in [5.74, 6) is 0. The predicted molar refractivity (Wildman–Crippen MR) is 111 cm³/mol. The summed E-state index contributed by atoms with van der Waals surface area (Å²) in [5.41, 5.74) is 3.15. The van der Waals surface area contributed by atoms with Crippen molar-refractivity contribution in [1.29, 1.82) is 0 Å². The summed E-state index contributed by atoms with van der Waals surface area (Å²) < 4.78 is 12.6. The van der Waals surface area contributed by atoms with Crippen molar-refractivity contribution in [1.82, 2.24) is 0 Å². The summed E-state index contributed by atoms with van der Waals surface area (Å²) in [4.78, 5) is 2.26. The monoisotopic (exact) mass is 391 g/mol. The van der Waals surface area contributed by atoms with E-state index in [2.05, 4.69) is 57.3 Å². The second kappa shape index (κ2) is 11.8. The summed E-state index contributed by atoms with van der Waals surface area (Å²) in [6.45, 7) is 8.27. The van der Waals surface area contributed by atoms with Gasteiger partial charge in [0.15, 0.2) is 0 Å². The Morgan fingerprint density at radius 3 is 2.48 bits per heavy atom. The highest BCUT2D eigenvalue weighted by Gasteiger charge is 2.13. The molecule has 1 heterocycles. The zero-order chi connectivity index (χ0) is 19.5. The van der Waals surface area contributed by atoms with E-state index in [1.807, 2.05) is 6.07 Å². The van der Waals surface area contributed by atoms with E-state index in [0.717, 1.165) is 48.1 Å². The van der Waals surface area contributed by atoms with Crippen LogP contribution in [0.2, 0.25) is 0 Å². The molecule has 27 heavy (non-hydrogen) atoms. The van der Waals surface area contributed by atoms with E-state index >= 15 is 0 Å². The maximum absolute atomic E-state index is 5.23. The van der Waals surface area contributed by atoms with Gasteiger partial charge in [0.25, 0.3) is 0 Å². The van der Waals surface area contributed by atoms with Gasteiger partial charge in [0.1, 0.15) is 11.9 Å². The molecule has 0 amide bonds. The van der Waals surface area contributed by atoms with Crippen LogP contribution in [-0.2, 0) is 16.0 Å². The number of ether oxygens (including phenoxy) is 2. The molecule has 0 saturated heterocycles. The highest BCUT2D eigenvalue weighted by atomic mass is 32.1. The molecule has 2 aromatic rings. The van der Waals surface area contributed by atoms with Crippen molar-refractivity contribution in [2.45, 2.75) is 33.2 Å². The van der Waals surface area contributed by atoms with Gasteiger partial charge in [0, 0.05) is 38.4 Å². The van der Waals surface area contributed by atoms with Gasteiger partial charge in [-0.15, -0.1) is 0 Å². The summed E-state index contributed by atoms with van der Waals surface area (Å²) >= 11 is 1.62. The molecule has 0 bridgehead atoms. The first kappa shape index (κ1) is 21.5. The maximum Gasteiger partial charge on any atom is 0.408 e. The number of azo groups is 1. The van der Waals surface area contributed by atoms with Gasteiger partial charge >= 0.3 is 5.13 Å². The van der Waals surface area contributed by atoms with Crippen LogP contribution in [-0.4, -0.2) is 40.5 Å². The molecule has 1 aromatic carbocycles. The Morgan fingerprint density at radius 1 is 1.11 bits per heavy atom. The van der Waals surface area contributed by atoms with Crippen LogP contribution in [0, 0.1) is 6.92 Å². The van der Waals surface area contributed by atoms with Crippen LogP contribution in [0.5, 0.6) is 0 Å². The van der Waals surface area contributed by atoms with Crippen LogP contribution < -0.4 is 9.47 Å². The summed E-state index contributed by atoms with van der Waals surface area (Å²) in [6, 6.07) is 6.27. The first-order valence-electron chi connectivity index (χ1n) is 9.41. The van der Waals surface area contributed by atoms with Crippen LogP contribution in [0.15, 0.2) is 40.0 Å². The lowest BCUT2D eigenvalue weighted by Gasteiger charge is -2.24. The molecular formula is C20H31N4O2S+. The smallest absolute Gasteiger partial charge is 0.383 e. The third-order valence-electron chi connectivity index (χ3n) is 4.33. The minimum absolute atomic E-state index is 0.681. The van der Waals surface area contributed by atoms with Crippen LogP contribution in [0.1, 0.15) is 25.3 Å². The number of anilines is 1. The fourth-order valence-electron chi connectivity index (χ4n) is 2.69. The van der Waals surface area contributed by atoms with Gasteiger partial charge in [0.2, 0.25) is 0 Å². The number of rotatable bonds is 12. The summed E-state index contributed by atoms with van der Waals surface area (Å²) in [6.07, 6.45) is 4.40. The standard InChI is InChI=1S/C20H31N4O2S/c1-5-6-9-24-12-15-27-20(24)22-21-19-8-7-18(16-17(19)2)23(10-13-25-3)11-14-26-4/h7-8,12,15-16H,5-6,9-11,13-14H2,1-4H3/q+1. The van der Waals surface area contributed by atoms with Gasteiger partial charge in [-0.25, -0.2) is 4.57 Å². The number of aryl methyl sites for hydroxylation is 2. The lowest BCUT2D eigenvalue weighted by molar-refractivity contribution is -0.680. The van der Waals surface area contributed by atoms with Crippen molar-refractivity contribution < 1.29 is 14.0 Å². The van der Waals surface area contributed by atoms with E-state index in [4.69, 9.17) is 9.47 Å². The molecule has 2 rings (SSSR count). The Labute approximate surface area is 166 Å². The van der Waals surface area contributed by atoms with Crippen molar-refractivity contribution in [2.75, 3.05) is 45.4 Å². The molecule has 0 unspecified atom stereocenters. The number of nitrogens with zero attached hydrogens (tertiary/aromatic N) is 4. The Morgan fingerprint density at radius 2 is 1.85 bits per heavy atom. The summed E-state index contributed by atoms with van der Waals surface area (Å²) in [7, 11) is 3.45. The summed E-state index contributed by atoms with van der Waals surface area (Å²) in [5, 5.41) is 12.0. The number of benzene rings is 1. The Hall–Kier alpha value is -1.83. The number of methoxy groups -OCH3 is 2. The van der Waals surface area contributed by atoms with E-state index in [-0.39, 0.29) is 0 Å². The van der Waals surface area contributed by atoms with E-state index in [1.165, 1.54) is 6.42 Å². The van der Waals surface area contributed by atoms with Gasteiger partial charge in [0.05, 0.1) is 24.9 Å². The lowest BCUT2D eigenvalue weighted by atomic mass is 10.1. The molecule has 0 atom stereocenters. The Balaban J connectivity index is 2.12. The third kappa shape index (κ3) is 6.68. The first-order valence-corrected chi connectivity index (χ1v) is 10.3. The van der Waals surface area contributed by atoms with Gasteiger partial charge in [-0.2, -0.15) is 0 Å². The second-order valence-corrected chi connectivity index (χ2v) is 7.25. The van der Waals surface area contributed by atoms with Crippen LogP contribution in [0.4, 0.5) is 16.5 Å². The molecule has 0 aliphatic carbocycles. The Bertz CT molecular complexity index is 710. The van der Waals surface area contributed by atoms with Crippen LogP contribution >= 0.6 is 11.3 Å². The van der Waals surface area contributed by atoms with E-state index in [1.54, 1.807) is 25.6 Å². The molecule has 0 fully saturated rings. The zero-order valence-electron chi connectivity index (χ0n) is 16.9.